The van der Waals surface area contributed by atoms with Gasteiger partial charge >= 0.3 is 0 Å². The Kier molecular flexibility index (Phi) is 7.97. The van der Waals surface area contributed by atoms with Crippen LogP contribution in [0.1, 0.15) is 16.4 Å². The van der Waals surface area contributed by atoms with Gasteiger partial charge in [0, 0.05) is 27.7 Å². The van der Waals surface area contributed by atoms with Crippen molar-refractivity contribution in [1.29, 1.82) is 0 Å². The van der Waals surface area contributed by atoms with E-state index in [1.165, 1.54) is 17.8 Å². The van der Waals surface area contributed by atoms with Gasteiger partial charge in [-0.2, -0.15) is 0 Å². The highest BCUT2D eigenvalue weighted by Gasteiger charge is 2.23. The maximum atomic E-state index is 13.6. The summed E-state index contributed by atoms with van der Waals surface area (Å²) in [6.07, 6.45) is 3.29. The summed E-state index contributed by atoms with van der Waals surface area (Å²) in [5.41, 5.74) is 3.30. The maximum Gasteiger partial charge on any atom is 0.248 e. The molecule has 0 aliphatic rings. The molecular weight excluding hydrogens is 488 g/mol. The predicted octanol–water partition coefficient (Wildman–Crippen LogP) is 7.96. The first-order valence-corrected chi connectivity index (χ1v) is 13.2. The molecule has 5 aromatic carbocycles. The number of hydrogen-bond donors (Lipinski definition) is 2. The van der Waals surface area contributed by atoms with E-state index in [-0.39, 0.29) is 11.8 Å². The molecule has 2 N–H and O–H groups in total. The Labute approximate surface area is 226 Å². The van der Waals surface area contributed by atoms with Gasteiger partial charge in [-0.3, -0.25) is 9.59 Å². The summed E-state index contributed by atoms with van der Waals surface area (Å²) in [7, 11) is 0. The van der Waals surface area contributed by atoms with Crippen LogP contribution in [0.3, 0.4) is 0 Å². The van der Waals surface area contributed by atoms with Gasteiger partial charge in [-0.15, -0.1) is 11.8 Å². The molecule has 1 unspecified atom stereocenters. The summed E-state index contributed by atoms with van der Waals surface area (Å²) in [6, 6.07) is 40.8. The Morgan fingerprint density at radius 2 is 1.37 bits per heavy atom. The molecule has 2 amide bonds. The first-order chi connectivity index (χ1) is 18.7. The van der Waals surface area contributed by atoms with Crippen LogP contribution in [0.5, 0.6) is 0 Å². The molecule has 0 bridgehead atoms. The quantitative estimate of drug-likeness (QED) is 0.163. The zero-order valence-electron chi connectivity index (χ0n) is 20.6. The molecule has 1 atom stereocenters. The number of rotatable bonds is 8. The number of amides is 2. The summed E-state index contributed by atoms with van der Waals surface area (Å²) in [5.74, 6) is -0.331. The van der Waals surface area contributed by atoms with Crippen molar-refractivity contribution in [3.05, 3.63) is 145 Å². The molecular formula is C33H26N2O2S. The molecule has 0 radical (unpaired) electrons. The Morgan fingerprint density at radius 3 is 2.18 bits per heavy atom. The smallest absolute Gasteiger partial charge is 0.248 e. The number of carbonyl (C=O) groups is 2. The lowest BCUT2D eigenvalue weighted by Gasteiger charge is -2.18. The third-order valence-corrected chi connectivity index (χ3v) is 7.22. The summed E-state index contributed by atoms with van der Waals surface area (Å²) in [6.45, 7) is 0. The molecule has 0 aliphatic heterocycles. The molecule has 5 aromatic rings. The average Bonchev–Trinajstić information content (AvgIpc) is 2.96. The Bertz CT molecular complexity index is 1580. The van der Waals surface area contributed by atoms with E-state index in [0.29, 0.717) is 5.69 Å². The summed E-state index contributed by atoms with van der Waals surface area (Å²) in [4.78, 5) is 27.0. The van der Waals surface area contributed by atoms with E-state index in [2.05, 4.69) is 10.6 Å². The van der Waals surface area contributed by atoms with Crippen LogP contribution in [0, 0.1) is 0 Å². The molecule has 186 valence electrons. The van der Waals surface area contributed by atoms with Gasteiger partial charge in [-0.25, -0.2) is 0 Å². The van der Waals surface area contributed by atoms with E-state index in [1.54, 1.807) is 6.08 Å². The van der Waals surface area contributed by atoms with Gasteiger partial charge in [-0.05, 0) is 46.9 Å². The highest BCUT2D eigenvalue weighted by Crippen LogP contribution is 2.37. The fraction of sp³-hybridized carbons (Fsp3) is 0.0303. The number of nitrogens with one attached hydrogen (secondary N) is 2. The molecule has 38 heavy (non-hydrogen) atoms. The van der Waals surface area contributed by atoms with Gasteiger partial charge in [0.1, 0.15) is 5.25 Å². The van der Waals surface area contributed by atoms with Crippen molar-refractivity contribution < 1.29 is 9.59 Å². The standard InChI is InChI=1S/C33H26N2O2S/c36-31(22-21-24-11-3-1-4-12-24)34-27-17-10-18-28(23-27)38-32(26-14-5-2-6-15-26)33(37)35-30-20-9-16-25-13-7-8-19-29(25)30/h1-23,32H,(H,34,36)(H,35,37)/b22-21+. The Balaban J connectivity index is 1.34. The molecule has 0 saturated heterocycles. The normalized spacial score (nSPS) is 11.8. The van der Waals surface area contributed by atoms with E-state index in [9.17, 15) is 9.59 Å². The van der Waals surface area contributed by atoms with Gasteiger partial charge in [-0.1, -0.05) is 103 Å². The zero-order valence-corrected chi connectivity index (χ0v) is 21.4. The lowest BCUT2D eigenvalue weighted by molar-refractivity contribution is -0.116. The van der Waals surface area contributed by atoms with Gasteiger partial charge in [0.2, 0.25) is 11.8 Å². The van der Waals surface area contributed by atoms with Crippen LogP contribution in [0.15, 0.2) is 138 Å². The van der Waals surface area contributed by atoms with E-state index in [0.717, 1.165) is 32.5 Å². The van der Waals surface area contributed by atoms with Crippen LogP contribution in [0.4, 0.5) is 11.4 Å². The minimum atomic E-state index is -0.487. The molecule has 5 rings (SSSR count). The lowest BCUT2D eigenvalue weighted by atomic mass is 10.1. The molecule has 0 aliphatic carbocycles. The van der Waals surface area contributed by atoms with Gasteiger partial charge in [0.25, 0.3) is 0 Å². The number of anilines is 2. The number of hydrogen-bond acceptors (Lipinski definition) is 3. The van der Waals surface area contributed by atoms with Gasteiger partial charge in [0.05, 0.1) is 0 Å². The van der Waals surface area contributed by atoms with Crippen molar-refractivity contribution in [3.63, 3.8) is 0 Å². The third kappa shape index (κ3) is 6.38. The molecule has 5 heteroatoms. The highest BCUT2D eigenvalue weighted by atomic mass is 32.2. The van der Waals surface area contributed by atoms with E-state index < -0.39 is 5.25 Å². The topological polar surface area (TPSA) is 58.2 Å². The lowest BCUT2D eigenvalue weighted by Crippen LogP contribution is -2.19. The van der Waals surface area contributed by atoms with Crippen LogP contribution in [-0.2, 0) is 9.59 Å². The summed E-state index contributed by atoms with van der Waals surface area (Å²) >= 11 is 1.44. The Morgan fingerprint density at radius 1 is 0.684 bits per heavy atom. The first-order valence-electron chi connectivity index (χ1n) is 12.3. The second-order valence-corrected chi connectivity index (χ2v) is 9.86. The van der Waals surface area contributed by atoms with E-state index in [4.69, 9.17) is 0 Å². The fourth-order valence-electron chi connectivity index (χ4n) is 4.14. The second kappa shape index (κ2) is 12.1. The van der Waals surface area contributed by atoms with Crippen molar-refractivity contribution >= 4 is 51.8 Å². The van der Waals surface area contributed by atoms with Crippen LogP contribution < -0.4 is 10.6 Å². The van der Waals surface area contributed by atoms with Gasteiger partial charge in [0.15, 0.2) is 0 Å². The minimum Gasteiger partial charge on any atom is -0.324 e. The van der Waals surface area contributed by atoms with Crippen LogP contribution in [0.25, 0.3) is 16.8 Å². The average molecular weight is 515 g/mol. The molecule has 0 saturated carbocycles. The van der Waals surface area contributed by atoms with Crippen LogP contribution in [0.2, 0.25) is 0 Å². The minimum absolute atomic E-state index is 0.113. The van der Waals surface area contributed by atoms with Crippen LogP contribution in [-0.4, -0.2) is 11.8 Å². The SMILES string of the molecule is O=C(/C=C/c1ccccc1)Nc1cccc(SC(C(=O)Nc2cccc3ccccc23)c2ccccc2)c1. The monoisotopic (exact) mass is 514 g/mol. The first kappa shape index (κ1) is 25.1. The maximum absolute atomic E-state index is 13.6. The summed E-state index contributed by atoms with van der Waals surface area (Å²) in [5, 5.41) is 7.63. The van der Waals surface area contributed by atoms with E-state index in [1.807, 2.05) is 127 Å². The predicted molar refractivity (Wildman–Crippen MR) is 158 cm³/mol. The van der Waals surface area contributed by atoms with E-state index >= 15 is 0 Å². The largest absolute Gasteiger partial charge is 0.324 e. The zero-order chi connectivity index (χ0) is 26.2. The second-order valence-electron chi connectivity index (χ2n) is 8.69. The van der Waals surface area contributed by atoms with Crippen molar-refractivity contribution in [2.24, 2.45) is 0 Å². The summed E-state index contributed by atoms with van der Waals surface area (Å²) < 4.78 is 0. The van der Waals surface area contributed by atoms with Crippen LogP contribution >= 0.6 is 11.8 Å². The molecule has 0 fully saturated rings. The molecule has 0 spiro atoms. The number of carbonyl (C=O) groups excluding carboxylic acids is 2. The van der Waals surface area contributed by atoms with Crippen molar-refractivity contribution in [2.45, 2.75) is 10.1 Å². The molecule has 0 heterocycles. The van der Waals surface area contributed by atoms with Crippen molar-refractivity contribution in [2.75, 3.05) is 10.6 Å². The third-order valence-electron chi connectivity index (χ3n) is 5.97. The fourth-order valence-corrected chi connectivity index (χ4v) is 5.22. The number of fused-ring (bicyclic) bond motifs is 1. The van der Waals surface area contributed by atoms with Gasteiger partial charge < -0.3 is 10.6 Å². The number of thioether (sulfide) groups is 1. The molecule has 0 aromatic heterocycles. The molecule has 4 nitrogen and oxygen atoms in total. The Hall–Kier alpha value is -4.61. The highest BCUT2D eigenvalue weighted by molar-refractivity contribution is 8.00. The van der Waals surface area contributed by atoms with Crippen molar-refractivity contribution in [1.82, 2.24) is 0 Å². The van der Waals surface area contributed by atoms with Crippen molar-refractivity contribution in [3.8, 4) is 0 Å². The number of benzene rings is 5.